The lowest BCUT2D eigenvalue weighted by Crippen LogP contribution is -2.55. The fourth-order valence-electron chi connectivity index (χ4n) is 5.28. The molecule has 0 bridgehead atoms. The molecule has 56 heavy (non-hydrogen) atoms. The number of unbranched alkanes of at least 4 members (excludes halogenated alkanes) is 6. The summed E-state index contributed by atoms with van der Waals surface area (Å²) in [4.78, 5) is 36.8. The predicted octanol–water partition coefficient (Wildman–Crippen LogP) is 9.96. The number of carbonyl (C=O) groups is 3. The van der Waals surface area contributed by atoms with Crippen LogP contribution >= 0.6 is 0 Å². The molecule has 0 heterocycles. The summed E-state index contributed by atoms with van der Waals surface area (Å²) in [7, 11) is 5.36. The SMILES string of the molecule is CC/C=C/C=C/C=C/C=C/CCCCCC(=O)OCC(COCCC(C(=O)[O-])[N+](C)(C)C)OC(=O)CCCCC/C=C/C/C=C/C/C=C/C/C=C/C/C=C/CC. The van der Waals surface area contributed by atoms with Crippen LogP contribution in [0.25, 0.3) is 0 Å². The van der Waals surface area contributed by atoms with Crippen molar-refractivity contribution in [2.75, 3.05) is 41.0 Å². The highest BCUT2D eigenvalue weighted by molar-refractivity contribution is 5.70. The number of hydrogen-bond acceptors (Lipinski definition) is 7. The van der Waals surface area contributed by atoms with Crippen molar-refractivity contribution in [3.05, 3.63) is 109 Å². The lowest BCUT2D eigenvalue weighted by atomic mass is 10.1. The number of likely N-dealkylation sites (N-methyl/N-ethyl adjacent to an activating group) is 1. The summed E-state index contributed by atoms with van der Waals surface area (Å²) in [5.74, 6) is -1.85. The first-order valence-electron chi connectivity index (χ1n) is 21.0. The van der Waals surface area contributed by atoms with Gasteiger partial charge >= 0.3 is 11.9 Å². The van der Waals surface area contributed by atoms with Gasteiger partial charge in [0, 0.05) is 19.3 Å². The van der Waals surface area contributed by atoms with Gasteiger partial charge < -0.3 is 28.6 Å². The van der Waals surface area contributed by atoms with Crippen molar-refractivity contribution in [1.29, 1.82) is 0 Å². The van der Waals surface area contributed by atoms with Crippen LogP contribution in [-0.2, 0) is 28.6 Å². The summed E-state index contributed by atoms with van der Waals surface area (Å²) in [6.45, 7) is 4.29. The minimum Gasteiger partial charge on any atom is -0.544 e. The van der Waals surface area contributed by atoms with Crippen LogP contribution in [0, 0.1) is 0 Å². The Morgan fingerprint density at radius 1 is 0.554 bits per heavy atom. The standard InChI is InChI=1S/C48H75NO7/c1-6-8-10-12-14-16-18-20-21-22-23-24-25-27-29-31-33-35-37-39-47(51)56-44(42-54-41-40-45(48(52)53)49(3,4)5)43-55-46(50)38-36-34-32-30-28-26-19-17-15-13-11-9-7-2/h8-11,13-17,19-21,23-24,26-29,44-45H,6-7,12,18,22,25,30-43H2,1-5H3/b10-8+,11-9+,15-13+,16-14+,19-17+,21-20+,24-23+,28-26+,29-27+. The molecule has 2 unspecified atom stereocenters. The van der Waals surface area contributed by atoms with Crippen molar-refractivity contribution in [2.24, 2.45) is 0 Å². The van der Waals surface area contributed by atoms with Crippen molar-refractivity contribution < 1.29 is 38.2 Å². The van der Waals surface area contributed by atoms with Crippen molar-refractivity contribution in [3.63, 3.8) is 0 Å². The van der Waals surface area contributed by atoms with E-state index in [1.54, 1.807) is 21.1 Å². The molecule has 0 amide bonds. The first-order chi connectivity index (χ1) is 27.1. The molecule has 0 N–H and O–H groups in total. The smallest absolute Gasteiger partial charge is 0.306 e. The summed E-state index contributed by atoms with van der Waals surface area (Å²) in [5.41, 5.74) is 0. The molecule has 0 fully saturated rings. The zero-order valence-electron chi connectivity index (χ0n) is 35.5. The number of quaternary nitrogens is 1. The molecule has 0 aliphatic carbocycles. The fraction of sp³-hybridized carbons (Fsp3) is 0.562. The van der Waals surface area contributed by atoms with E-state index in [4.69, 9.17) is 14.2 Å². The molecule has 0 radical (unpaired) electrons. The van der Waals surface area contributed by atoms with Crippen molar-refractivity contribution in [1.82, 2.24) is 0 Å². The number of esters is 2. The fourth-order valence-corrected chi connectivity index (χ4v) is 5.28. The average molecular weight is 778 g/mol. The maximum Gasteiger partial charge on any atom is 0.306 e. The number of carboxylic acid groups (broad SMARTS) is 1. The first-order valence-corrected chi connectivity index (χ1v) is 21.0. The second-order valence-corrected chi connectivity index (χ2v) is 14.6. The van der Waals surface area contributed by atoms with Crippen molar-refractivity contribution in [2.45, 2.75) is 135 Å². The Morgan fingerprint density at radius 3 is 1.57 bits per heavy atom. The molecule has 0 aliphatic heterocycles. The largest absolute Gasteiger partial charge is 0.544 e. The number of allylic oxidation sites excluding steroid dienone is 18. The number of carboxylic acids is 1. The van der Waals surface area contributed by atoms with E-state index in [0.29, 0.717) is 12.8 Å². The highest BCUT2D eigenvalue weighted by Crippen LogP contribution is 2.11. The van der Waals surface area contributed by atoms with Gasteiger partial charge in [0.05, 0.1) is 40.3 Å². The first kappa shape index (κ1) is 52.0. The average Bonchev–Trinajstić information content (AvgIpc) is 3.15. The second-order valence-electron chi connectivity index (χ2n) is 14.6. The number of nitrogens with zero attached hydrogens (tertiary/aromatic N) is 1. The molecule has 0 rings (SSSR count). The van der Waals surface area contributed by atoms with E-state index in [0.717, 1.165) is 77.0 Å². The van der Waals surface area contributed by atoms with Gasteiger partial charge in [0.1, 0.15) is 12.6 Å². The van der Waals surface area contributed by atoms with Gasteiger partial charge in [0.2, 0.25) is 0 Å². The molecule has 0 aromatic rings. The van der Waals surface area contributed by atoms with Gasteiger partial charge in [-0.25, -0.2) is 0 Å². The molecular weight excluding hydrogens is 703 g/mol. The quantitative estimate of drug-likeness (QED) is 0.0208. The number of aliphatic carboxylic acids is 1. The predicted molar refractivity (Wildman–Crippen MR) is 231 cm³/mol. The van der Waals surface area contributed by atoms with Gasteiger partial charge in [-0.2, -0.15) is 0 Å². The number of carbonyl (C=O) groups excluding carboxylic acids is 3. The van der Waals surface area contributed by atoms with Gasteiger partial charge in [-0.05, 0) is 77.0 Å². The highest BCUT2D eigenvalue weighted by Gasteiger charge is 2.25. The monoisotopic (exact) mass is 778 g/mol. The van der Waals surface area contributed by atoms with Crippen LogP contribution in [0.5, 0.6) is 0 Å². The van der Waals surface area contributed by atoms with Crippen LogP contribution in [0.1, 0.15) is 123 Å². The van der Waals surface area contributed by atoms with E-state index in [2.05, 4.69) is 86.8 Å². The summed E-state index contributed by atoms with van der Waals surface area (Å²) in [6.07, 6.45) is 51.2. The van der Waals surface area contributed by atoms with Crippen LogP contribution in [0.2, 0.25) is 0 Å². The molecule has 314 valence electrons. The van der Waals surface area contributed by atoms with Crippen molar-refractivity contribution in [3.8, 4) is 0 Å². The third-order valence-corrected chi connectivity index (χ3v) is 8.50. The zero-order chi connectivity index (χ0) is 41.4. The van der Waals surface area contributed by atoms with Crippen molar-refractivity contribution >= 4 is 17.9 Å². The van der Waals surface area contributed by atoms with Crippen LogP contribution in [-0.4, -0.2) is 75.5 Å². The Kier molecular flexibility index (Phi) is 35.2. The molecule has 8 nitrogen and oxygen atoms in total. The van der Waals surface area contributed by atoms with E-state index in [9.17, 15) is 19.5 Å². The van der Waals surface area contributed by atoms with Gasteiger partial charge in [0.15, 0.2) is 6.10 Å². The molecular formula is C48H75NO7. The maximum atomic E-state index is 12.7. The van der Waals surface area contributed by atoms with Crippen LogP contribution in [0.15, 0.2) is 109 Å². The van der Waals surface area contributed by atoms with Crippen LogP contribution < -0.4 is 5.11 Å². The van der Waals surface area contributed by atoms with Gasteiger partial charge in [0.25, 0.3) is 0 Å². The molecule has 0 aromatic heterocycles. The number of hydrogen-bond donors (Lipinski definition) is 0. The number of ether oxygens (including phenoxy) is 3. The molecule has 0 aliphatic rings. The Hall–Kier alpha value is -4.01. The Bertz CT molecular complexity index is 1280. The normalized spacial score (nSPS) is 14.1. The summed E-state index contributed by atoms with van der Waals surface area (Å²) in [6, 6.07) is -0.745. The third kappa shape index (κ3) is 35.7. The van der Waals surface area contributed by atoms with E-state index < -0.39 is 18.1 Å². The molecule has 0 saturated heterocycles. The number of rotatable bonds is 35. The molecule has 2 atom stereocenters. The third-order valence-electron chi connectivity index (χ3n) is 8.50. The topological polar surface area (TPSA) is 102 Å². The molecule has 0 aromatic carbocycles. The second kappa shape index (κ2) is 37.9. The minimum absolute atomic E-state index is 0.00597. The molecule has 0 spiro atoms. The highest BCUT2D eigenvalue weighted by atomic mass is 16.6. The minimum atomic E-state index is -1.14. The molecule has 8 heteroatoms. The van der Waals surface area contributed by atoms with E-state index in [1.165, 1.54) is 0 Å². The van der Waals surface area contributed by atoms with E-state index >= 15 is 0 Å². The Morgan fingerprint density at radius 2 is 1.04 bits per heavy atom. The van der Waals surface area contributed by atoms with E-state index in [1.807, 2.05) is 36.5 Å². The van der Waals surface area contributed by atoms with Crippen LogP contribution in [0.3, 0.4) is 0 Å². The maximum absolute atomic E-state index is 12.7. The van der Waals surface area contributed by atoms with Crippen LogP contribution in [0.4, 0.5) is 0 Å². The Balaban J connectivity index is 4.52. The lowest BCUT2D eigenvalue weighted by molar-refractivity contribution is -0.889. The zero-order valence-corrected chi connectivity index (χ0v) is 35.5. The molecule has 0 saturated carbocycles. The summed E-state index contributed by atoms with van der Waals surface area (Å²) >= 11 is 0. The summed E-state index contributed by atoms with van der Waals surface area (Å²) in [5, 5.41) is 11.6. The Labute approximate surface area is 340 Å². The van der Waals surface area contributed by atoms with Gasteiger partial charge in [-0.15, -0.1) is 0 Å². The van der Waals surface area contributed by atoms with E-state index in [-0.39, 0.29) is 55.5 Å². The summed E-state index contributed by atoms with van der Waals surface area (Å²) < 4.78 is 17.0. The lowest BCUT2D eigenvalue weighted by Gasteiger charge is -2.34. The van der Waals surface area contributed by atoms with Gasteiger partial charge in [-0.1, -0.05) is 136 Å². The van der Waals surface area contributed by atoms with Gasteiger partial charge in [-0.3, -0.25) is 9.59 Å².